The molecule has 1 aliphatic carbocycles. The minimum Gasteiger partial charge on any atom is -0.293 e. The van der Waals surface area contributed by atoms with E-state index in [9.17, 15) is 0 Å². The molecule has 0 atom stereocenters. The number of hydrogen-bond acceptors (Lipinski definition) is 3. The number of anilines is 3. The van der Waals surface area contributed by atoms with Gasteiger partial charge in [0.1, 0.15) is 5.82 Å². The van der Waals surface area contributed by atoms with Crippen LogP contribution in [0.5, 0.6) is 0 Å². The van der Waals surface area contributed by atoms with Gasteiger partial charge < -0.3 is 0 Å². The fourth-order valence-electron chi connectivity index (χ4n) is 5.26. The van der Waals surface area contributed by atoms with Gasteiger partial charge in [-0.15, -0.1) is 0 Å². The van der Waals surface area contributed by atoms with E-state index in [1.54, 1.807) is 6.20 Å². The summed E-state index contributed by atoms with van der Waals surface area (Å²) in [5.41, 5.74) is 9.68. The van der Waals surface area contributed by atoms with E-state index < -0.39 is 0 Å². The van der Waals surface area contributed by atoms with Crippen molar-refractivity contribution < 1.29 is 0 Å². The first-order valence-corrected chi connectivity index (χ1v) is 11.8. The van der Waals surface area contributed by atoms with Crippen LogP contribution >= 0.6 is 0 Å². The van der Waals surface area contributed by atoms with Crippen molar-refractivity contribution in [2.45, 2.75) is 0 Å². The molecular formula is C32H21N3. The average Bonchev–Trinajstić information content (AvgIpc) is 3.26. The standard InChI is InChI=1S/C32H21N3/c1-2-12-27-26(11-1)29-14-6-13-28-25(16-17-30(27)32(28)29)22-8-5-9-23(20-22)35(24-10-7-18-33-21-24)31-15-3-4-19-34-31/h1-21H. The lowest BCUT2D eigenvalue weighted by Crippen LogP contribution is -2.11. The molecule has 0 fully saturated rings. The van der Waals surface area contributed by atoms with Gasteiger partial charge in [0.15, 0.2) is 0 Å². The molecule has 6 aromatic rings. The van der Waals surface area contributed by atoms with Gasteiger partial charge in [0, 0.05) is 18.1 Å². The fraction of sp³-hybridized carbons (Fsp3) is 0. The van der Waals surface area contributed by atoms with Crippen molar-refractivity contribution in [3.8, 4) is 33.4 Å². The van der Waals surface area contributed by atoms with Gasteiger partial charge in [0.2, 0.25) is 0 Å². The van der Waals surface area contributed by atoms with Gasteiger partial charge in [-0.3, -0.25) is 9.88 Å². The van der Waals surface area contributed by atoms with Gasteiger partial charge in [-0.1, -0.05) is 72.8 Å². The van der Waals surface area contributed by atoms with E-state index >= 15 is 0 Å². The van der Waals surface area contributed by atoms with Crippen LogP contribution in [0.1, 0.15) is 0 Å². The first-order chi connectivity index (χ1) is 17.4. The SMILES string of the molecule is c1ccc(N(c2cccnc2)c2cccc(-c3ccc4c5c(cccc35)-c3ccccc3-4)c2)nc1. The zero-order chi connectivity index (χ0) is 23.2. The molecule has 0 spiro atoms. The van der Waals surface area contributed by atoms with E-state index in [-0.39, 0.29) is 0 Å². The predicted molar refractivity (Wildman–Crippen MR) is 144 cm³/mol. The summed E-state index contributed by atoms with van der Waals surface area (Å²) in [6.07, 6.45) is 5.49. The van der Waals surface area contributed by atoms with Crippen LogP contribution in [0.4, 0.5) is 17.2 Å². The van der Waals surface area contributed by atoms with Gasteiger partial charge in [-0.2, -0.15) is 0 Å². The molecule has 35 heavy (non-hydrogen) atoms. The largest absolute Gasteiger partial charge is 0.293 e. The third kappa shape index (κ3) is 3.13. The van der Waals surface area contributed by atoms with Crippen molar-refractivity contribution >= 4 is 28.0 Å². The number of fused-ring (bicyclic) bond motifs is 3. The summed E-state index contributed by atoms with van der Waals surface area (Å²) in [4.78, 5) is 11.1. The molecule has 7 rings (SSSR count). The molecule has 0 amide bonds. The van der Waals surface area contributed by atoms with Crippen LogP contribution in [0.2, 0.25) is 0 Å². The number of nitrogens with zero attached hydrogens (tertiary/aromatic N) is 3. The first-order valence-electron chi connectivity index (χ1n) is 11.8. The highest BCUT2D eigenvalue weighted by Crippen LogP contribution is 2.49. The number of benzene rings is 4. The van der Waals surface area contributed by atoms with Gasteiger partial charge in [-0.05, 0) is 80.6 Å². The third-order valence-corrected chi connectivity index (χ3v) is 6.75. The quantitative estimate of drug-likeness (QED) is 0.271. The Labute approximate surface area is 204 Å². The zero-order valence-electron chi connectivity index (χ0n) is 19.0. The summed E-state index contributed by atoms with van der Waals surface area (Å²) in [6.45, 7) is 0. The predicted octanol–water partition coefficient (Wildman–Crippen LogP) is 8.41. The van der Waals surface area contributed by atoms with Crippen LogP contribution in [0, 0.1) is 0 Å². The fourth-order valence-corrected chi connectivity index (χ4v) is 5.26. The van der Waals surface area contributed by atoms with Crippen molar-refractivity contribution in [3.63, 3.8) is 0 Å². The Balaban J connectivity index is 1.41. The van der Waals surface area contributed by atoms with E-state index in [4.69, 9.17) is 0 Å². The van der Waals surface area contributed by atoms with Crippen molar-refractivity contribution in [3.05, 3.63) is 128 Å². The molecule has 1 aliphatic rings. The maximum Gasteiger partial charge on any atom is 0.137 e. The minimum atomic E-state index is 0.855. The van der Waals surface area contributed by atoms with Crippen LogP contribution in [0.15, 0.2) is 128 Å². The van der Waals surface area contributed by atoms with E-state index in [0.717, 1.165) is 17.2 Å². The number of aromatic nitrogens is 2. The summed E-state index contributed by atoms with van der Waals surface area (Å²) in [5.74, 6) is 0.855. The molecule has 2 heterocycles. The van der Waals surface area contributed by atoms with Crippen LogP contribution in [0.25, 0.3) is 44.2 Å². The van der Waals surface area contributed by atoms with Gasteiger partial charge in [0.25, 0.3) is 0 Å². The molecule has 0 saturated heterocycles. The van der Waals surface area contributed by atoms with Crippen LogP contribution in [-0.2, 0) is 0 Å². The van der Waals surface area contributed by atoms with Gasteiger partial charge >= 0.3 is 0 Å². The van der Waals surface area contributed by atoms with E-state index in [2.05, 4.69) is 99.8 Å². The van der Waals surface area contributed by atoms with Crippen molar-refractivity contribution in [2.24, 2.45) is 0 Å². The number of rotatable bonds is 4. The molecule has 3 nitrogen and oxygen atoms in total. The summed E-state index contributed by atoms with van der Waals surface area (Å²) < 4.78 is 0. The third-order valence-electron chi connectivity index (χ3n) is 6.75. The maximum absolute atomic E-state index is 4.64. The number of pyridine rings is 2. The first kappa shape index (κ1) is 19.7. The Hall–Kier alpha value is -4.76. The van der Waals surface area contributed by atoms with Crippen molar-refractivity contribution in [1.82, 2.24) is 9.97 Å². The molecule has 0 aliphatic heterocycles. The lowest BCUT2D eigenvalue weighted by Gasteiger charge is -2.24. The Bertz CT molecular complexity index is 1620. The molecule has 0 bridgehead atoms. The molecule has 164 valence electrons. The molecule has 3 heteroatoms. The van der Waals surface area contributed by atoms with Crippen LogP contribution < -0.4 is 4.90 Å². The summed E-state index contributed by atoms with van der Waals surface area (Å²) >= 11 is 0. The van der Waals surface area contributed by atoms with Crippen LogP contribution in [0.3, 0.4) is 0 Å². The lowest BCUT2D eigenvalue weighted by atomic mass is 9.94. The Morgan fingerprint density at radius 1 is 0.514 bits per heavy atom. The highest BCUT2D eigenvalue weighted by molar-refractivity contribution is 6.18. The maximum atomic E-state index is 4.64. The Morgan fingerprint density at radius 2 is 1.26 bits per heavy atom. The molecule has 0 radical (unpaired) electrons. The van der Waals surface area contributed by atoms with Gasteiger partial charge in [-0.25, -0.2) is 4.98 Å². The zero-order valence-corrected chi connectivity index (χ0v) is 19.0. The highest BCUT2D eigenvalue weighted by Gasteiger charge is 2.22. The lowest BCUT2D eigenvalue weighted by molar-refractivity contribution is 1.16. The normalized spacial score (nSPS) is 11.4. The monoisotopic (exact) mass is 447 g/mol. The average molecular weight is 448 g/mol. The number of hydrogen-bond donors (Lipinski definition) is 0. The van der Waals surface area contributed by atoms with Gasteiger partial charge in [0.05, 0.1) is 11.9 Å². The summed E-state index contributed by atoms with van der Waals surface area (Å²) in [5, 5.41) is 2.62. The Morgan fingerprint density at radius 3 is 2.06 bits per heavy atom. The second-order valence-corrected chi connectivity index (χ2v) is 8.72. The highest BCUT2D eigenvalue weighted by atomic mass is 15.2. The topological polar surface area (TPSA) is 29.0 Å². The van der Waals surface area contributed by atoms with Crippen molar-refractivity contribution in [1.29, 1.82) is 0 Å². The molecule has 0 saturated carbocycles. The Kier molecular flexibility index (Phi) is 4.46. The molecular weight excluding hydrogens is 426 g/mol. The van der Waals surface area contributed by atoms with Crippen LogP contribution in [-0.4, -0.2) is 9.97 Å². The molecule has 4 aromatic carbocycles. The molecule has 0 N–H and O–H groups in total. The van der Waals surface area contributed by atoms with Crippen molar-refractivity contribution in [2.75, 3.05) is 4.90 Å². The molecule has 2 aromatic heterocycles. The van der Waals surface area contributed by atoms with E-state index in [1.165, 1.54) is 44.2 Å². The van der Waals surface area contributed by atoms with E-state index in [0.29, 0.717) is 0 Å². The summed E-state index contributed by atoms with van der Waals surface area (Å²) in [7, 11) is 0. The van der Waals surface area contributed by atoms with E-state index in [1.807, 2.05) is 36.7 Å². The molecule has 0 unspecified atom stereocenters. The smallest absolute Gasteiger partial charge is 0.137 e. The minimum absolute atomic E-state index is 0.855. The second kappa shape index (κ2) is 7.93. The second-order valence-electron chi connectivity index (χ2n) is 8.72. The summed E-state index contributed by atoms with van der Waals surface area (Å²) in [6, 6.07) is 38.6.